The number of hydrogen-bond acceptors (Lipinski definition) is 2. The first-order valence-electron chi connectivity index (χ1n) is 4.22. The Kier molecular flexibility index (Phi) is 3.36. The molecule has 0 heterocycles. The molecule has 3 nitrogen and oxygen atoms in total. The largest absolute Gasteiger partial charge is 0.493 e. The molecule has 0 radical (unpaired) electrons. The molecule has 0 spiro atoms. The van der Waals surface area contributed by atoms with Crippen LogP contribution in [-0.4, -0.2) is 17.7 Å². The van der Waals surface area contributed by atoms with Gasteiger partial charge in [0.1, 0.15) is 11.3 Å². The van der Waals surface area contributed by atoms with E-state index in [1.807, 2.05) is 0 Å². The predicted molar refractivity (Wildman–Crippen MR) is 54.3 cm³/mol. The molecule has 1 aromatic carbocycles. The van der Waals surface area contributed by atoms with Gasteiger partial charge in [-0.15, -0.1) is 0 Å². The molecule has 0 aliphatic rings. The topological polar surface area (TPSA) is 46.5 Å². The molecular formula is C10H11ClO3. The zero-order chi connectivity index (χ0) is 10.7. The number of benzene rings is 1. The Morgan fingerprint density at radius 1 is 1.57 bits per heavy atom. The summed E-state index contributed by atoms with van der Waals surface area (Å²) in [6, 6.07) is 3.07. The van der Waals surface area contributed by atoms with Gasteiger partial charge < -0.3 is 9.84 Å². The molecule has 0 saturated carbocycles. The molecule has 0 saturated heterocycles. The van der Waals surface area contributed by atoms with Crippen molar-refractivity contribution >= 4 is 17.6 Å². The third-order valence-electron chi connectivity index (χ3n) is 1.76. The van der Waals surface area contributed by atoms with Gasteiger partial charge >= 0.3 is 5.97 Å². The highest BCUT2D eigenvalue weighted by Crippen LogP contribution is 2.27. The van der Waals surface area contributed by atoms with Gasteiger partial charge in [0, 0.05) is 5.02 Å². The lowest BCUT2D eigenvalue weighted by atomic mass is 10.1. The van der Waals surface area contributed by atoms with Gasteiger partial charge in [0.2, 0.25) is 0 Å². The maximum atomic E-state index is 10.9. The van der Waals surface area contributed by atoms with Crippen LogP contribution >= 0.6 is 11.6 Å². The summed E-state index contributed by atoms with van der Waals surface area (Å²) in [5.74, 6) is -0.636. The standard InChI is InChI=1S/C10H11ClO3/c1-3-14-9-6(2)4-7(11)5-8(9)10(12)13/h4-5H,3H2,1-2H3,(H,12,13). The number of aromatic carboxylic acids is 1. The summed E-state index contributed by atoms with van der Waals surface area (Å²) in [7, 11) is 0. The molecule has 0 atom stereocenters. The quantitative estimate of drug-likeness (QED) is 0.842. The summed E-state index contributed by atoms with van der Waals surface area (Å²) in [4.78, 5) is 10.9. The fourth-order valence-electron chi connectivity index (χ4n) is 1.22. The normalized spacial score (nSPS) is 9.93. The number of hydrogen-bond donors (Lipinski definition) is 1. The smallest absolute Gasteiger partial charge is 0.339 e. The van der Waals surface area contributed by atoms with Crippen molar-refractivity contribution in [1.29, 1.82) is 0 Å². The first-order chi connectivity index (χ1) is 6.56. The van der Waals surface area contributed by atoms with Crippen LogP contribution in [0.15, 0.2) is 12.1 Å². The molecule has 0 aromatic heterocycles. The molecule has 1 aromatic rings. The minimum atomic E-state index is -1.03. The highest BCUT2D eigenvalue weighted by molar-refractivity contribution is 6.31. The van der Waals surface area contributed by atoms with Gasteiger partial charge in [0.25, 0.3) is 0 Å². The fourth-order valence-corrected chi connectivity index (χ4v) is 1.50. The number of ether oxygens (including phenoxy) is 1. The molecule has 0 aliphatic carbocycles. The van der Waals surface area contributed by atoms with Crippen LogP contribution in [0.5, 0.6) is 5.75 Å². The highest BCUT2D eigenvalue weighted by Gasteiger charge is 2.14. The van der Waals surface area contributed by atoms with Gasteiger partial charge in [-0.2, -0.15) is 0 Å². The summed E-state index contributed by atoms with van der Waals surface area (Å²) in [5.41, 5.74) is 0.841. The summed E-state index contributed by atoms with van der Waals surface area (Å²) in [6.07, 6.45) is 0. The number of halogens is 1. The third kappa shape index (κ3) is 2.17. The highest BCUT2D eigenvalue weighted by atomic mass is 35.5. The fraction of sp³-hybridized carbons (Fsp3) is 0.300. The van der Waals surface area contributed by atoms with Crippen LogP contribution in [0.3, 0.4) is 0 Å². The molecule has 0 fully saturated rings. The van der Waals surface area contributed by atoms with Gasteiger partial charge in [0.05, 0.1) is 6.61 Å². The van der Waals surface area contributed by atoms with Crippen LogP contribution in [-0.2, 0) is 0 Å². The van der Waals surface area contributed by atoms with Gasteiger partial charge in [0.15, 0.2) is 0 Å². The van der Waals surface area contributed by atoms with E-state index in [0.717, 1.165) is 5.56 Å². The van der Waals surface area contributed by atoms with Crippen LogP contribution in [0.2, 0.25) is 5.02 Å². The summed E-state index contributed by atoms with van der Waals surface area (Å²) in [5, 5.41) is 9.31. The molecule has 14 heavy (non-hydrogen) atoms. The van der Waals surface area contributed by atoms with E-state index in [2.05, 4.69) is 0 Å². The maximum Gasteiger partial charge on any atom is 0.339 e. The number of aryl methyl sites for hydroxylation is 1. The molecule has 1 rings (SSSR count). The molecule has 1 N–H and O–H groups in total. The maximum absolute atomic E-state index is 10.9. The van der Waals surface area contributed by atoms with Crippen molar-refractivity contribution in [2.45, 2.75) is 13.8 Å². The van der Waals surface area contributed by atoms with Crippen molar-refractivity contribution in [2.75, 3.05) is 6.61 Å². The second-order valence-corrected chi connectivity index (χ2v) is 3.27. The van der Waals surface area contributed by atoms with E-state index < -0.39 is 5.97 Å². The molecule has 4 heteroatoms. The van der Waals surface area contributed by atoms with Crippen molar-refractivity contribution in [3.63, 3.8) is 0 Å². The van der Waals surface area contributed by atoms with Crippen LogP contribution in [0, 0.1) is 6.92 Å². The summed E-state index contributed by atoms with van der Waals surface area (Å²) in [6.45, 7) is 4.01. The van der Waals surface area contributed by atoms with E-state index in [1.54, 1.807) is 19.9 Å². The average molecular weight is 215 g/mol. The molecule has 0 bridgehead atoms. The second kappa shape index (κ2) is 4.33. The van der Waals surface area contributed by atoms with Crippen molar-refractivity contribution in [3.05, 3.63) is 28.3 Å². The van der Waals surface area contributed by atoms with E-state index in [1.165, 1.54) is 6.07 Å². The Morgan fingerprint density at radius 2 is 2.21 bits per heavy atom. The minimum absolute atomic E-state index is 0.108. The van der Waals surface area contributed by atoms with Crippen molar-refractivity contribution < 1.29 is 14.6 Å². The van der Waals surface area contributed by atoms with E-state index in [4.69, 9.17) is 21.4 Å². The van der Waals surface area contributed by atoms with Gasteiger partial charge in [-0.1, -0.05) is 11.6 Å². The van der Waals surface area contributed by atoms with Crippen molar-refractivity contribution in [1.82, 2.24) is 0 Å². The number of carboxylic acid groups (broad SMARTS) is 1. The Morgan fingerprint density at radius 3 is 2.71 bits per heavy atom. The lowest BCUT2D eigenvalue weighted by Gasteiger charge is -2.10. The molecule has 0 aliphatic heterocycles. The average Bonchev–Trinajstić information content (AvgIpc) is 2.09. The minimum Gasteiger partial charge on any atom is -0.493 e. The van der Waals surface area contributed by atoms with E-state index >= 15 is 0 Å². The SMILES string of the molecule is CCOc1c(C)cc(Cl)cc1C(=O)O. The van der Waals surface area contributed by atoms with E-state index in [0.29, 0.717) is 17.4 Å². The van der Waals surface area contributed by atoms with Gasteiger partial charge in [-0.3, -0.25) is 0 Å². The van der Waals surface area contributed by atoms with Crippen LogP contribution in [0.25, 0.3) is 0 Å². The van der Waals surface area contributed by atoms with Crippen LogP contribution < -0.4 is 4.74 Å². The van der Waals surface area contributed by atoms with E-state index in [9.17, 15) is 4.79 Å². The molecule has 0 unspecified atom stereocenters. The number of carboxylic acids is 1. The zero-order valence-electron chi connectivity index (χ0n) is 8.00. The lowest BCUT2D eigenvalue weighted by molar-refractivity contribution is 0.0692. The van der Waals surface area contributed by atoms with E-state index in [-0.39, 0.29) is 5.56 Å². The Labute approximate surface area is 87.3 Å². The molecule has 0 amide bonds. The lowest BCUT2D eigenvalue weighted by Crippen LogP contribution is -2.04. The van der Waals surface area contributed by atoms with Crippen LogP contribution in [0.1, 0.15) is 22.8 Å². The predicted octanol–water partition coefficient (Wildman–Crippen LogP) is 2.75. The Bertz CT molecular complexity index is 361. The first kappa shape index (κ1) is 10.9. The monoisotopic (exact) mass is 214 g/mol. The third-order valence-corrected chi connectivity index (χ3v) is 1.98. The van der Waals surface area contributed by atoms with Crippen LogP contribution in [0.4, 0.5) is 0 Å². The summed E-state index contributed by atoms with van der Waals surface area (Å²) >= 11 is 5.75. The second-order valence-electron chi connectivity index (χ2n) is 2.84. The Hall–Kier alpha value is -1.22. The van der Waals surface area contributed by atoms with Gasteiger partial charge in [-0.05, 0) is 31.5 Å². The number of carbonyl (C=O) groups is 1. The molecular weight excluding hydrogens is 204 g/mol. The Balaban J connectivity index is 3.28. The first-order valence-corrected chi connectivity index (χ1v) is 4.60. The molecule has 76 valence electrons. The number of rotatable bonds is 3. The zero-order valence-corrected chi connectivity index (χ0v) is 8.76. The van der Waals surface area contributed by atoms with Crippen molar-refractivity contribution in [2.24, 2.45) is 0 Å². The van der Waals surface area contributed by atoms with Gasteiger partial charge in [-0.25, -0.2) is 4.79 Å². The van der Waals surface area contributed by atoms with Crippen molar-refractivity contribution in [3.8, 4) is 5.75 Å². The summed E-state index contributed by atoms with van der Waals surface area (Å²) < 4.78 is 5.24.